The molecule has 2 aromatic rings. The Bertz CT molecular complexity index is 670. The van der Waals surface area contributed by atoms with Crippen LogP contribution in [0.2, 0.25) is 0 Å². The number of fused-ring (bicyclic) bond motifs is 1. The SMILES string of the molecule is C1=Cc2cc(OC3CCN(Cc4ccc[nH]4)CC3)ccc2CN1. The highest BCUT2D eigenvalue weighted by molar-refractivity contribution is 5.57. The minimum Gasteiger partial charge on any atom is -0.490 e. The highest BCUT2D eigenvalue weighted by atomic mass is 16.5. The van der Waals surface area contributed by atoms with Crippen molar-refractivity contribution in [3.8, 4) is 5.75 Å². The summed E-state index contributed by atoms with van der Waals surface area (Å²) in [4.78, 5) is 5.77. The largest absolute Gasteiger partial charge is 0.490 e. The van der Waals surface area contributed by atoms with Crippen LogP contribution in [-0.2, 0) is 13.1 Å². The summed E-state index contributed by atoms with van der Waals surface area (Å²) in [5.74, 6) is 0.998. The van der Waals surface area contributed by atoms with Gasteiger partial charge in [-0.15, -0.1) is 0 Å². The zero-order valence-corrected chi connectivity index (χ0v) is 13.3. The molecule has 0 bridgehead atoms. The number of H-pyrrole nitrogens is 1. The molecule has 0 atom stereocenters. The van der Waals surface area contributed by atoms with Crippen molar-refractivity contribution >= 4 is 6.08 Å². The lowest BCUT2D eigenvalue weighted by molar-refractivity contribution is 0.0962. The average Bonchev–Trinajstić information content (AvgIpc) is 3.10. The lowest BCUT2D eigenvalue weighted by Gasteiger charge is -2.32. The number of piperidine rings is 1. The van der Waals surface area contributed by atoms with E-state index in [-0.39, 0.29) is 0 Å². The van der Waals surface area contributed by atoms with E-state index in [2.05, 4.69) is 51.6 Å². The van der Waals surface area contributed by atoms with E-state index in [0.29, 0.717) is 6.10 Å². The fourth-order valence-corrected chi connectivity index (χ4v) is 3.36. The van der Waals surface area contributed by atoms with Crippen molar-refractivity contribution in [3.05, 3.63) is 59.5 Å². The molecule has 2 aliphatic rings. The second-order valence-corrected chi connectivity index (χ2v) is 6.36. The minimum absolute atomic E-state index is 0.332. The molecule has 0 spiro atoms. The summed E-state index contributed by atoms with van der Waals surface area (Å²) < 4.78 is 6.22. The number of ether oxygens (including phenoxy) is 1. The fourth-order valence-electron chi connectivity index (χ4n) is 3.36. The normalized spacial score (nSPS) is 18.4. The van der Waals surface area contributed by atoms with Crippen molar-refractivity contribution in [2.75, 3.05) is 13.1 Å². The quantitative estimate of drug-likeness (QED) is 0.911. The number of nitrogens with zero attached hydrogens (tertiary/aromatic N) is 1. The van der Waals surface area contributed by atoms with E-state index in [4.69, 9.17) is 4.74 Å². The van der Waals surface area contributed by atoms with Crippen molar-refractivity contribution in [1.82, 2.24) is 15.2 Å². The lowest BCUT2D eigenvalue weighted by Crippen LogP contribution is -2.37. The third-order valence-electron chi connectivity index (χ3n) is 4.68. The van der Waals surface area contributed by atoms with Crippen molar-refractivity contribution in [2.24, 2.45) is 0 Å². The highest BCUT2D eigenvalue weighted by Crippen LogP contribution is 2.24. The topological polar surface area (TPSA) is 40.3 Å². The lowest BCUT2D eigenvalue weighted by atomic mass is 10.0. The highest BCUT2D eigenvalue weighted by Gasteiger charge is 2.21. The molecule has 2 aliphatic heterocycles. The Morgan fingerprint density at radius 2 is 2.09 bits per heavy atom. The molecule has 4 rings (SSSR count). The predicted molar refractivity (Wildman–Crippen MR) is 92.0 cm³/mol. The van der Waals surface area contributed by atoms with E-state index < -0.39 is 0 Å². The maximum absolute atomic E-state index is 6.22. The Balaban J connectivity index is 1.32. The number of nitrogens with one attached hydrogen (secondary N) is 2. The number of rotatable bonds is 4. The first-order chi connectivity index (χ1) is 11.4. The predicted octanol–water partition coefficient (Wildman–Crippen LogP) is 3.13. The van der Waals surface area contributed by atoms with E-state index in [1.54, 1.807) is 0 Å². The van der Waals surface area contributed by atoms with E-state index in [9.17, 15) is 0 Å². The van der Waals surface area contributed by atoms with Crippen molar-refractivity contribution in [2.45, 2.75) is 32.0 Å². The van der Waals surface area contributed by atoms with Crippen LogP contribution >= 0.6 is 0 Å². The van der Waals surface area contributed by atoms with E-state index in [1.165, 1.54) is 16.8 Å². The molecule has 0 unspecified atom stereocenters. The summed E-state index contributed by atoms with van der Waals surface area (Å²) in [6.45, 7) is 4.11. The number of likely N-dealkylation sites (tertiary alicyclic amines) is 1. The van der Waals surface area contributed by atoms with Gasteiger partial charge in [-0.25, -0.2) is 0 Å². The maximum atomic E-state index is 6.22. The van der Waals surface area contributed by atoms with Gasteiger partial charge in [0.15, 0.2) is 0 Å². The molecular weight excluding hydrogens is 286 g/mol. The summed E-state index contributed by atoms with van der Waals surface area (Å²) in [6, 6.07) is 10.6. The third-order valence-corrected chi connectivity index (χ3v) is 4.68. The van der Waals surface area contributed by atoms with Crippen molar-refractivity contribution < 1.29 is 4.74 Å². The van der Waals surface area contributed by atoms with Crippen LogP contribution in [-0.4, -0.2) is 29.1 Å². The van der Waals surface area contributed by atoms with Gasteiger partial charge in [0.2, 0.25) is 0 Å². The number of aromatic amines is 1. The third kappa shape index (κ3) is 3.42. The van der Waals surface area contributed by atoms with E-state index in [0.717, 1.165) is 44.8 Å². The molecule has 0 aliphatic carbocycles. The average molecular weight is 309 g/mol. The first-order valence-corrected chi connectivity index (χ1v) is 8.41. The molecule has 1 saturated heterocycles. The number of hydrogen-bond acceptors (Lipinski definition) is 3. The first-order valence-electron chi connectivity index (χ1n) is 8.41. The molecule has 1 aromatic heterocycles. The summed E-state index contributed by atoms with van der Waals surface area (Å²) in [6.07, 6.45) is 8.63. The van der Waals surface area contributed by atoms with Crippen LogP contribution < -0.4 is 10.1 Å². The van der Waals surface area contributed by atoms with Gasteiger partial charge in [0, 0.05) is 38.1 Å². The van der Waals surface area contributed by atoms with Gasteiger partial charge in [0.1, 0.15) is 11.9 Å². The first kappa shape index (κ1) is 14.4. The Morgan fingerprint density at radius 3 is 2.91 bits per heavy atom. The van der Waals surface area contributed by atoms with Gasteiger partial charge in [-0.05, 0) is 60.5 Å². The Morgan fingerprint density at radius 1 is 1.17 bits per heavy atom. The van der Waals surface area contributed by atoms with Crippen LogP contribution in [0, 0.1) is 0 Å². The molecule has 23 heavy (non-hydrogen) atoms. The number of hydrogen-bond donors (Lipinski definition) is 2. The van der Waals surface area contributed by atoms with Crippen LogP contribution in [0.15, 0.2) is 42.7 Å². The molecular formula is C19H23N3O. The van der Waals surface area contributed by atoms with Crippen molar-refractivity contribution in [3.63, 3.8) is 0 Å². The summed E-state index contributed by atoms with van der Waals surface area (Å²) >= 11 is 0. The molecule has 0 amide bonds. The van der Waals surface area contributed by atoms with Crippen LogP contribution in [0.25, 0.3) is 6.08 Å². The number of benzene rings is 1. The Labute approximate surface area is 137 Å². The Kier molecular flexibility index (Phi) is 4.07. The van der Waals surface area contributed by atoms with Gasteiger partial charge in [-0.1, -0.05) is 6.07 Å². The summed E-state index contributed by atoms with van der Waals surface area (Å²) in [5, 5.41) is 3.24. The second kappa shape index (κ2) is 6.50. The van der Waals surface area contributed by atoms with Crippen LogP contribution in [0.3, 0.4) is 0 Å². The van der Waals surface area contributed by atoms with Crippen LogP contribution in [0.1, 0.15) is 29.7 Å². The molecule has 120 valence electrons. The van der Waals surface area contributed by atoms with Crippen molar-refractivity contribution in [1.29, 1.82) is 0 Å². The zero-order chi connectivity index (χ0) is 15.5. The monoisotopic (exact) mass is 309 g/mol. The fraction of sp³-hybridized carbons (Fsp3) is 0.368. The molecule has 2 N–H and O–H groups in total. The Hall–Kier alpha value is -2.20. The second-order valence-electron chi connectivity index (χ2n) is 6.36. The molecule has 3 heterocycles. The van der Waals surface area contributed by atoms with Gasteiger partial charge in [-0.3, -0.25) is 4.90 Å². The minimum atomic E-state index is 0.332. The summed E-state index contributed by atoms with van der Waals surface area (Å²) in [7, 11) is 0. The van der Waals surface area contributed by atoms with Gasteiger partial charge >= 0.3 is 0 Å². The molecule has 4 nitrogen and oxygen atoms in total. The van der Waals surface area contributed by atoms with Gasteiger partial charge < -0.3 is 15.0 Å². The van der Waals surface area contributed by atoms with Gasteiger partial charge in [0.25, 0.3) is 0 Å². The van der Waals surface area contributed by atoms with Crippen LogP contribution in [0.4, 0.5) is 0 Å². The summed E-state index contributed by atoms with van der Waals surface area (Å²) in [5.41, 5.74) is 3.89. The van der Waals surface area contributed by atoms with E-state index in [1.807, 2.05) is 12.4 Å². The van der Waals surface area contributed by atoms with Gasteiger partial charge in [-0.2, -0.15) is 0 Å². The molecule has 1 fully saturated rings. The zero-order valence-electron chi connectivity index (χ0n) is 13.3. The van der Waals surface area contributed by atoms with Gasteiger partial charge in [0.05, 0.1) is 0 Å². The smallest absolute Gasteiger partial charge is 0.120 e. The number of aromatic nitrogens is 1. The van der Waals surface area contributed by atoms with Crippen LogP contribution in [0.5, 0.6) is 5.75 Å². The molecule has 0 saturated carbocycles. The maximum Gasteiger partial charge on any atom is 0.120 e. The van der Waals surface area contributed by atoms with E-state index >= 15 is 0 Å². The standard InChI is InChI=1S/C19H23N3O/c1-2-17(21-8-1)14-22-10-6-18(7-11-22)23-19-4-3-16-13-20-9-5-15(16)12-19/h1-5,8-9,12,18,20-21H,6-7,10-11,13-14H2. The molecule has 1 aromatic carbocycles. The molecule has 4 heteroatoms. The molecule has 0 radical (unpaired) electrons.